The van der Waals surface area contributed by atoms with Crippen LogP contribution in [0.15, 0.2) is 41.6 Å². The molecule has 2 aromatic rings. The molecular weight excluding hydrogens is 318 g/mol. The molecule has 2 rings (SSSR count). The predicted molar refractivity (Wildman–Crippen MR) is 77.9 cm³/mol. The first-order valence-corrected chi connectivity index (χ1v) is 7.55. The van der Waals surface area contributed by atoms with E-state index in [9.17, 15) is 18.5 Å². The summed E-state index contributed by atoms with van der Waals surface area (Å²) in [6.45, 7) is 1.51. The molecular formula is C12H10ClN3O4S. The third kappa shape index (κ3) is 3.29. The zero-order valence-electron chi connectivity index (χ0n) is 10.8. The fourth-order valence-corrected chi connectivity index (χ4v) is 3.29. The number of benzene rings is 1. The van der Waals surface area contributed by atoms with Crippen LogP contribution >= 0.6 is 11.6 Å². The lowest BCUT2D eigenvalue weighted by atomic mass is 10.2. The molecule has 0 radical (unpaired) electrons. The molecule has 1 aromatic carbocycles. The van der Waals surface area contributed by atoms with Crippen molar-refractivity contribution in [3.63, 3.8) is 0 Å². The van der Waals surface area contributed by atoms with Crippen LogP contribution in [0.3, 0.4) is 0 Å². The zero-order chi connectivity index (χ0) is 15.6. The lowest BCUT2D eigenvalue weighted by molar-refractivity contribution is -0.384. The van der Waals surface area contributed by atoms with Gasteiger partial charge in [-0.25, -0.2) is 8.42 Å². The quantitative estimate of drug-likeness (QED) is 0.687. The van der Waals surface area contributed by atoms with Crippen LogP contribution in [0.2, 0.25) is 5.02 Å². The highest BCUT2D eigenvalue weighted by molar-refractivity contribution is 7.92. The van der Waals surface area contributed by atoms with E-state index in [0.29, 0.717) is 11.3 Å². The SMILES string of the molecule is Cc1cc(Cl)c([N+](=O)[O-])cc1S(=O)(=O)Nc1ccncc1. The van der Waals surface area contributed by atoms with Crippen LogP contribution in [0.25, 0.3) is 0 Å². The molecule has 110 valence electrons. The number of aromatic nitrogens is 1. The van der Waals surface area contributed by atoms with Gasteiger partial charge >= 0.3 is 0 Å². The molecule has 0 spiro atoms. The van der Waals surface area contributed by atoms with Crippen LogP contribution < -0.4 is 4.72 Å². The van der Waals surface area contributed by atoms with Crippen molar-refractivity contribution in [3.8, 4) is 0 Å². The van der Waals surface area contributed by atoms with Crippen molar-refractivity contribution >= 4 is 33.0 Å². The number of hydrogen-bond acceptors (Lipinski definition) is 5. The monoisotopic (exact) mass is 327 g/mol. The molecule has 0 unspecified atom stereocenters. The zero-order valence-corrected chi connectivity index (χ0v) is 12.4. The van der Waals surface area contributed by atoms with Crippen LogP contribution in [0.5, 0.6) is 0 Å². The molecule has 0 atom stereocenters. The minimum Gasteiger partial charge on any atom is -0.280 e. The first kappa shape index (κ1) is 15.2. The standard InChI is InChI=1S/C12H10ClN3O4S/c1-8-6-10(13)11(16(17)18)7-12(8)21(19,20)15-9-2-4-14-5-3-9/h2-7H,1H3,(H,14,15). The second kappa shape index (κ2) is 5.66. The summed E-state index contributed by atoms with van der Waals surface area (Å²) in [6.07, 6.45) is 2.85. The van der Waals surface area contributed by atoms with E-state index in [4.69, 9.17) is 11.6 Å². The van der Waals surface area contributed by atoms with Gasteiger partial charge in [-0.05, 0) is 30.7 Å². The second-order valence-electron chi connectivity index (χ2n) is 4.17. The largest absolute Gasteiger partial charge is 0.289 e. The highest BCUT2D eigenvalue weighted by atomic mass is 35.5. The number of pyridine rings is 1. The van der Waals surface area contributed by atoms with E-state index in [1.165, 1.54) is 37.5 Å². The Morgan fingerprint density at radius 3 is 2.48 bits per heavy atom. The van der Waals surface area contributed by atoms with Gasteiger partial charge in [0.1, 0.15) is 5.02 Å². The number of sulfonamides is 1. The summed E-state index contributed by atoms with van der Waals surface area (Å²) in [5, 5.41) is 10.8. The van der Waals surface area contributed by atoms with Gasteiger partial charge in [0.05, 0.1) is 15.5 Å². The molecule has 21 heavy (non-hydrogen) atoms. The Labute approximate surface area is 125 Å². The lowest BCUT2D eigenvalue weighted by Gasteiger charge is -2.10. The number of nitrogens with zero attached hydrogens (tertiary/aromatic N) is 2. The van der Waals surface area contributed by atoms with E-state index >= 15 is 0 Å². The first-order chi connectivity index (χ1) is 9.81. The molecule has 9 heteroatoms. The summed E-state index contributed by atoms with van der Waals surface area (Å²) in [4.78, 5) is 13.7. The molecule has 0 fully saturated rings. The molecule has 0 aliphatic heterocycles. The molecule has 7 nitrogen and oxygen atoms in total. The molecule has 0 bridgehead atoms. The summed E-state index contributed by atoms with van der Waals surface area (Å²) in [5.74, 6) is 0. The number of nitrogens with one attached hydrogen (secondary N) is 1. The Kier molecular flexibility index (Phi) is 4.10. The first-order valence-electron chi connectivity index (χ1n) is 5.68. The lowest BCUT2D eigenvalue weighted by Crippen LogP contribution is -2.14. The Morgan fingerprint density at radius 2 is 1.90 bits per heavy atom. The number of hydrogen-bond donors (Lipinski definition) is 1. The number of halogens is 1. The Bertz CT molecular complexity index is 794. The highest BCUT2D eigenvalue weighted by Crippen LogP contribution is 2.30. The van der Waals surface area contributed by atoms with Gasteiger partial charge in [0.2, 0.25) is 0 Å². The third-order valence-electron chi connectivity index (χ3n) is 2.66. The van der Waals surface area contributed by atoms with Gasteiger partial charge in [-0.3, -0.25) is 19.8 Å². The summed E-state index contributed by atoms with van der Waals surface area (Å²) < 4.78 is 27.0. The highest BCUT2D eigenvalue weighted by Gasteiger charge is 2.23. The van der Waals surface area contributed by atoms with Crippen molar-refractivity contribution in [1.29, 1.82) is 0 Å². The summed E-state index contributed by atoms with van der Waals surface area (Å²) >= 11 is 5.74. The van der Waals surface area contributed by atoms with Gasteiger partial charge < -0.3 is 0 Å². The molecule has 0 saturated heterocycles. The number of rotatable bonds is 4. The minimum absolute atomic E-state index is 0.111. The average Bonchev–Trinajstić information content (AvgIpc) is 2.38. The molecule has 0 amide bonds. The van der Waals surface area contributed by atoms with E-state index in [-0.39, 0.29) is 9.92 Å². The van der Waals surface area contributed by atoms with E-state index in [1.807, 2.05) is 0 Å². The van der Waals surface area contributed by atoms with Crippen molar-refractivity contribution in [2.75, 3.05) is 4.72 Å². The van der Waals surface area contributed by atoms with E-state index in [1.54, 1.807) is 0 Å². The van der Waals surface area contributed by atoms with Crippen LogP contribution in [-0.2, 0) is 10.0 Å². The van der Waals surface area contributed by atoms with Gasteiger partial charge in [-0.1, -0.05) is 11.6 Å². The van der Waals surface area contributed by atoms with Crippen molar-refractivity contribution in [2.45, 2.75) is 11.8 Å². The van der Waals surface area contributed by atoms with E-state index in [0.717, 1.165) is 6.07 Å². The number of nitro groups is 1. The maximum absolute atomic E-state index is 12.3. The number of aryl methyl sites for hydroxylation is 1. The number of nitro benzene ring substituents is 1. The topological polar surface area (TPSA) is 102 Å². The van der Waals surface area contributed by atoms with Crippen molar-refractivity contribution < 1.29 is 13.3 Å². The van der Waals surface area contributed by atoms with Crippen LogP contribution in [0.1, 0.15) is 5.56 Å². The maximum Gasteiger partial charge on any atom is 0.289 e. The Morgan fingerprint density at radius 1 is 1.29 bits per heavy atom. The summed E-state index contributed by atoms with van der Waals surface area (Å²) in [6, 6.07) is 5.14. The maximum atomic E-state index is 12.3. The normalized spacial score (nSPS) is 11.1. The minimum atomic E-state index is -3.96. The Balaban J connectivity index is 2.50. The third-order valence-corrected chi connectivity index (χ3v) is 4.49. The van der Waals surface area contributed by atoms with Crippen molar-refractivity contribution in [1.82, 2.24) is 4.98 Å². The van der Waals surface area contributed by atoms with E-state index in [2.05, 4.69) is 9.71 Å². The van der Waals surface area contributed by atoms with Gasteiger partial charge in [0.15, 0.2) is 0 Å². The van der Waals surface area contributed by atoms with Crippen molar-refractivity contribution in [3.05, 3.63) is 57.4 Å². The fourth-order valence-electron chi connectivity index (χ4n) is 1.70. The van der Waals surface area contributed by atoms with Gasteiger partial charge in [-0.15, -0.1) is 0 Å². The second-order valence-corrected chi connectivity index (χ2v) is 6.23. The molecule has 1 N–H and O–H groups in total. The van der Waals surface area contributed by atoms with Gasteiger partial charge in [0, 0.05) is 18.5 Å². The smallest absolute Gasteiger partial charge is 0.280 e. The van der Waals surface area contributed by atoms with Gasteiger partial charge in [0.25, 0.3) is 15.7 Å². The van der Waals surface area contributed by atoms with Crippen LogP contribution in [0, 0.1) is 17.0 Å². The molecule has 0 saturated carbocycles. The summed E-state index contributed by atoms with van der Waals surface area (Å²) in [5.41, 5.74) is 0.159. The molecule has 1 aromatic heterocycles. The van der Waals surface area contributed by atoms with Crippen LogP contribution in [0.4, 0.5) is 11.4 Å². The van der Waals surface area contributed by atoms with Gasteiger partial charge in [-0.2, -0.15) is 0 Å². The van der Waals surface area contributed by atoms with Crippen molar-refractivity contribution in [2.24, 2.45) is 0 Å². The fraction of sp³-hybridized carbons (Fsp3) is 0.0833. The molecule has 0 aliphatic rings. The molecule has 0 aliphatic carbocycles. The Hall–Kier alpha value is -2.19. The predicted octanol–water partition coefficient (Wildman–Crippen LogP) is 2.75. The van der Waals surface area contributed by atoms with E-state index < -0.39 is 20.6 Å². The summed E-state index contributed by atoms with van der Waals surface area (Å²) in [7, 11) is -3.96. The van der Waals surface area contributed by atoms with Crippen LogP contribution in [-0.4, -0.2) is 18.3 Å². The number of anilines is 1. The average molecular weight is 328 g/mol. The molecule has 1 heterocycles.